The van der Waals surface area contributed by atoms with Crippen molar-refractivity contribution in [1.29, 1.82) is 0 Å². The molecule has 138 valence electrons. The number of nitrogens with one attached hydrogen (secondary N) is 2. The predicted molar refractivity (Wildman–Crippen MR) is 106 cm³/mol. The van der Waals surface area contributed by atoms with Crippen molar-refractivity contribution in [1.82, 2.24) is 10.3 Å². The van der Waals surface area contributed by atoms with E-state index >= 15 is 0 Å². The van der Waals surface area contributed by atoms with Gasteiger partial charge in [0.15, 0.2) is 5.78 Å². The summed E-state index contributed by atoms with van der Waals surface area (Å²) in [6, 6.07) is 5.69. The van der Waals surface area contributed by atoms with E-state index in [9.17, 15) is 9.59 Å². The number of carbonyl (C=O) groups excluding carboxylic acids is 2. The van der Waals surface area contributed by atoms with Crippen LogP contribution >= 0.6 is 11.3 Å². The summed E-state index contributed by atoms with van der Waals surface area (Å²) in [6.45, 7) is 3.85. The number of anilines is 1. The smallest absolute Gasteiger partial charge is 0.255 e. The number of amides is 1. The van der Waals surface area contributed by atoms with Crippen LogP contribution in [0.3, 0.4) is 0 Å². The first-order valence-corrected chi connectivity index (χ1v) is 9.99. The molecule has 6 heteroatoms. The van der Waals surface area contributed by atoms with E-state index in [2.05, 4.69) is 15.6 Å². The fourth-order valence-electron chi connectivity index (χ4n) is 3.78. The first-order chi connectivity index (χ1) is 13.0. The summed E-state index contributed by atoms with van der Waals surface area (Å²) in [7, 11) is 0. The Hall–Kier alpha value is -2.73. The summed E-state index contributed by atoms with van der Waals surface area (Å²) in [6.07, 6.45) is 3.95. The molecule has 2 N–H and O–H groups in total. The molecule has 0 spiro atoms. The predicted octanol–water partition coefficient (Wildman–Crippen LogP) is 4.06. The first-order valence-electron chi connectivity index (χ1n) is 9.04. The van der Waals surface area contributed by atoms with Crippen LogP contribution in [-0.4, -0.2) is 16.7 Å². The number of nitrogens with zero attached hydrogens (tertiary/aromatic N) is 1. The Morgan fingerprint density at radius 1 is 1.26 bits per heavy atom. The van der Waals surface area contributed by atoms with Gasteiger partial charge in [-0.2, -0.15) is 11.3 Å². The van der Waals surface area contributed by atoms with Gasteiger partial charge in [-0.1, -0.05) is 6.07 Å². The third-order valence-electron chi connectivity index (χ3n) is 5.05. The Morgan fingerprint density at radius 2 is 2.11 bits per heavy atom. The van der Waals surface area contributed by atoms with E-state index < -0.39 is 0 Å². The number of hydrogen-bond acceptors (Lipinski definition) is 5. The molecule has 2 aliphatic rings. The minimum Gasteiger partial charge on any atom is -0.362 e. The Bertz CT molecular complexity index is 956. The lowest BCUT2D eigenvalue weighted by molar-refractivity contribution is -0.116. The maximum atomic E-state index is 13.2. The second-order valence-electron chi connectivity index (χ2n) is 7.00. The molecule has 1 aliphatic heterocycles. The van der Waals surface area contributed by atoms with Gasteiger partial charge in [-0.05, 0) is 60.7 Å². The Labute approximate surface area is 162 Å². The number of Topliss-reactive ketones (excluding diaryl/α,β-unsaturated/α-hetero) is 1. The Kier molecular flexibility index (Phi) is 4.66. The summed E-state index contributed by atoms with van der Waals surface area (Å²) < 4.78 is 0. The number of allylic oxidation sites excluding steroid dienone is 3. The molecular formula is C21H21N3O2S. The van der Waals surface area contributed by atoms with Crippen LogP contribution in [0, 0.1) is 6.92 Å². The number of dihydropyridines is 1. The van der Waals surface area contributed by atoms with Gasteiger partial charge in [-0.25, -0.2) is 4.98 Å². The molecule has 2 aromatic rings. The van der Waals surface area contributed by atoms with Crippen LogP contribution in [0.1, 0.15) is 43.2 Å². The average molecular weight is 379 g/mol. The highest BCUT2D eigenvalue weighted by Gasteiger charge is 2.38. The third kappa shape index (κ3) is 3.32. The number of pyridine rings is 1. The van der Waals surface area contributed by atoms with Crippen molar-refractivity contribution in [2.45, 2.75) is 39.0 Å². The Balaban J connectivity index is 1.74. The minimum atomic E-state index is -0.328. The molecule has 4 rings (SSSR count). The topological polar surface area (TPSA) is 71.1 Å². The monoisotopic (exact) mass is 379 g/mol. The van der Waals surface area contributed by atoms with Gasteiger partial charge in [0, 0.05) is 41.1 Å². The molecule has 2 aromatic heterocycles. The molecule has 0 saturated carbocycles. The highest BCUT2D eigenvalue weighted by atomic mass is 32.1. The summed E-state index contributed by atoms with van der Waals surface area (Å²) in [5, 5.41) is 10.2. The number of aryl methyl sites for hydroxylation is 1. The molecule has 0 saturated heterocycles. The molecule has 0 fully saturated rings. The van der Waals surface area contributed by atoms with Crippen LogP contribution in [0.4, 0.5) is 5.82 Å². The van der Waals surface area contributed by atoms with Crippen LogP contribution in [0.5, 0.6) is 0 Å². The van der Waals surface area contributed by atoms with E-state index in [4.69, 9.17) is 0 Å². The van der Waals surface area contributed by atoms with Gasteiger partial charge in [0.05, 0.1) is 0 Å². The van der Waals surface area contributed by atoms with E-state index in [0.29, 0.717) is 17.8 Å². The first kappa shape index (κ1) is 17.7. The van der Waals surface area contributed by atoms with Gasteiger partial charge in [0.2, 0.25) is 0 Å². The van der Waals surface area contributed by atoms with Crippen molar-refractivity contribution in [3.8, 4) is 0 Å². The van der Waals surface area contributed by atoms with Crippen LogP contribution in [-0.2, 0) is 9.59 Å². The normalized spacial score (nSPS) is 19.6. The van der Waals surface area contributed by atoms with Crippen LogP contribution in [0.25, 0.3) is 0 Å². The highest BCUT2D eigenvalue weighted by Crippen LogP contribution is 2.42. The lowest BCUT2D eigenvalue weighted by Gasteiger charge is -2.34. The quantitative estimate of drug-likeness (QED) is 0.844. The van der Waals surface area contributed by atoms with E-state index in [-0.39, 0.29) is 17.6 Å². The van der Waals surface area contributed by atoms with Crippen molar-refractivity contribution < 1.29 is 9.59 Å². The van der Waals surface area contributed by atoms with Crippen LogP contribution in [0.2, 0.25) is 0 Å². The zero-order valence-corrected chi connectivity index (χ0v) is 16.2. The van der Waals surface area contributed by atoms with Gasteiger partial charge in [0.25, 0.3) is 5.91 Å². The molecule has 3 heterocycles. The molecule has 1 amide bonds. The highest BCUT2D eigenvalue weighted by molar-refractivity contribution is 7.08. The number of hydrogen-bond donors (Lipinski definition) is 2. The maximum Gasteiger partial charge on any atom is 0.255 e. The van der Waals surface area contributed by atoms with E-state index in [0.717, 1.165) is 40.9 Å². The van der Waals surface area contributed by atoms with Gasteiger partial charge < -0.3 is 10.6 Å². The van der Waals surface area contributed by atoms with Crippen molar-refractivity contribution in [2.24, 2.45) is 0 Å². The number of carbonyl (C=O) groups is 2. The molecule has 0 aromatic carbocycles. The van der Waals surface area contributed by atoms with Gasteiger partial charge in [-0.15, -0.1) is 0 Å². The number of ketones is 1. The summed E-state index contributed by atoms with van der Waals surface area (Å²) >= 11 is 1.57. The largest absolute Gasteiger partial charge is 0.362 e. The molecule has 1 unspecified atom stereocenters. The standard InChI is InChI=1S/C21H21N3O2S/c1-12-6-7-17(22-10-12)24-21(26)18-13(2)23-15-4-3-5-16(25)20(15)19(18)14-8-9-27-11-14/h6-11,19,23H,3-5H2,1-2H3,(H,22,24,26). The van der Waals surface area contributed by atoms with Crippen molar-refractivity contribution in [3.63, 3.8) is 0 Å². The van der Waals surface area contributed by atoms with Crippen LogP contribution < -0.4 is 10.6 Å². The Morgan fingerprint density at radius 3 is 2.81 bits per heavy atom. The lowest BCUT2D eigenvalue weighted by Crippen LogP contribution is -2.35. The fourth-order valence-corrected chi connectivity index (χ4v) is 4.47. The van der Waals surface area contributed by atoms with Crippen molar-refractivity contribution >= 4 is 28.8 Å². The van der Waals surface area contributed by atoms with Crippen molar-refractivity contribution in [3.05, 3.63) is 68.8 Å². The molecule has 1 atom stereocenters. The van der Waals surface area contributed by atoms with Gasteiger partial charge in [-0.3, -0.25) is 9.59 Å². The third-order valence-corrected chi connectivity index (χ3v) is 5.75. The molecular weight excluding hydrogens is 358 g/mol. The number of rotatable bonds is 3. The van der Waals surface area contributed by atoms with E-state index in [1.165, 1.54) is 0 Å². The average Bonchev–Trinajstić information content (AvgIpc) is 3.17. The number of aromatic nitrogens is 1. The van der Waals surface area contributed by atoms with Gasteiger partial charge in [0.1, 0.15) is 5.82 Å². The second-order valence-corrected chi connectivity index (χ2v) is 7.78. The molecule has 0 radical (unpaired) electrons. The van der Waals surface area contributed by atoms with Gasteiger partial charge >= 0.3 is 0 Å². The summed E-state index contributed by atoms with van der Waals surface area (Å²) in [4.78, 5) is 30.2. The zero-order chi connectivity index (χ0) is 19.0. The lowest BCUT2D eigenvalue weighted by atomic mass is 9.75. The molecule has 0 bridgehead atoms. The van der Waals surface area contributed by atoms with E-state index in [1.54, 1.807) is 23.6 Å². The van der Waals surface area contributed by atoms with Crippen LogP contribution in [0.15, 0.2) is 57.7 Å². The van der Waals surface area contributed by atoms with E-state index in [1.807, 2.05) is 36.7 Å². The minimum absolute atomic E-state index is 0.131. The maximum absolute atomic E-state index is 13.2. The molecule has 27 heavy (non-hydrogen) atoms. The zero-order valence-electron chi connectivity index (χ0n) is 15.3. The van der Waals surface area contributed by atoms with Crippen molar-refractivity contribution in [2.75, 3.05) is 5.32 Å². The second kappa shape index (κ2) is 7.12. The number of thiophene rings is 1. The fraction of sp³-hybridized carbons (Fsp3) is 0.286. The summed E-state index contributed by atoms with van der Waals surface area (Å²) in [5.41, 5.74) is 5.11. The SMILES string of the molecule is CC1=C(C(=O)Nc2ccc(C)cn2)C(c2ccsc2)C2=C(CCCC2=O)N1. The molecule has 5 nitrogen and oxygen atoms in total. The summed E-state index contributed by atoms with van der Waals surface area (Å²) in [5.74, 6) is 0.0825. The molecule has 1 aliphatic carbocycles.